The standard InChI is InChI=1S/C23H30N2O2S/c1-16(2)17-7-10-19(11-8-17)24-22(28)25-23(13-5-6-14-23)18-9-12-20(26-3)21(15-18)27-4/h7-12,15-16H,5-6,13-14H2,1-4H3,(H2,24,25,28). The van der Waals surface area contributed by atoms with Crippen molar-refractivity contribution in [2.24, 2.45) is 0 Å². The molecule has 0 saturated heterocycles. The molecule has 1 saturated carbocycles. The van der Waals surface area contributed by atoms with Crippen molar-refractivity contribution in [3.63, 3.8) is 0 Å². The lowest BCUT2D eigenvalue weighted by Crippen LogP contribution is -2.45. The molecule has 1 fully saturated rings. The van der Waals surface area contributed by atoms with E-state index in [1.807, 2.05) is 6.07 Å². The molecule has 4 nitrogen and oxygen atoms in total. The lowest BCUT2D eigenvalue weighted by atomic mass is 9.88. The quantitative estimate of drug-likeness (QED) is 0.622. The fourth-order valence-electron chi connectivity index (χ4n) is 3.93. The summed E-state index contributed by atoms with van der Waals surface area (Å²) in [5.41, 5.74) is 3.33. The van der Waals surface area contributed by atoms with Gasteiger partial charge in [0.1, 0.15) is 0 Å². The third-order valence-electron chi connectivity index (χ3n) is 5.58. The molecule has 2 aromatic carbocycles. The molecule has 0 heterocycles. The van der Waals surface area contributed by atoms with Crippen molar-refractivity contribution in [1.82, 2.24) is 5.32 Å². The molecule has 0 unspecified atom stereocenters. The Morgan fingerprint density at radius 1 is 0.964 bits per heavy atom. The Morgan fingerprint density at radius 3 is 2.18 bits per heavy atom. The molecule has 150 valence electrons. The highest BCUT2D eigenvalue weighted by atomic mass is 32.1. The third kappa shape index (κ3) is 4.41. The van der Waals surface area contributed by atoms with Gasteiger partial charge >= 0.3 is 0 Å². The van der Waals surface area contributed by atoms with Crippen LogP contribution in [0.15, 0.2) is 42.5 Å². The SMILES string of the molecule is COc1ccc(C2(NC(=S)Nc3ccc(C(C)C)cc3)CCCC2)cc1OC. The Morgan fingerprint density at radius 2 is 1.61 bits per heavy atom. The first-order valence-corrected chi connectivity index (χ1v) is 10.3. The first kappa shape index (κ1) is 20.5. The molecule has 0 spiro atoms. The van der Waals surface area contributed by atoms with Crippen LogP contribution in [-0.2, 0) is 5.54 Å². The minimum Gasteiger partial charge on any atom is -0.493 e. The number of nitrogens with one attached hydrogen (secondary N) is 2. The van der Waals surface area contributed by atoms with Gasteiger partial charge in [-0.2, -0.15) is 0 Å². The second-order valence-corrected chi connectivity index (χ2v) is 8.12. The summed E-state index contributed by atoms with van der Waals surface area (Å²) in [6, 6.07) is 14.6. The molecule has 1 aliphatic carbocycles. The summed E-state index contributed by atoms with van der Waals surface area (Å²) in [7, 11) is 3.33. The van der Waals surface area contributed by atoms with E-state index in [2.05, 4.69) is 60.9 Å². The van der Waals surface area contributed by atoms with Gasteiger partial charge in [-0.3, -0.25) is 0 Å². The van der Waals surface area contributed by atoms with Crippen LogP contribution >= 0.6 is 12.2 Å². The van der Waals surface area contributed by atoms with Gasteiger partial charge in [0, 0.05) is 5.69 Å². The van der Waals surface area contributed by atoms with Gasteiger partial charge in [0.15, 0.2) is 16.6 Å². The van der Waals surface area contributed by atoms with Gasteiger partial charge in [0.2, 0.25) is 0 Å². The van der Waals surface area contributed by atoms with Crippen molar-refractivity contribution in [3.05, 3.63) is 53.6 Å². The minimum absolute atomic E-state index is 0.179. The zero-order valence-electron chi connectivity index (χ0n) is 17.2. The monoisotopic (exact) mass is 398 g/mol. The van der Waals surface area contributed by atoms with Crippen LogP contribution < -0.4 is 20.1 Å². The minimum atomic E-state index is -0.179. The lowest BCUT2D eigenvalue weighted by molar-refractivity contribution is 0.350. The molecule has 2 N–H and O–H groups in total. The molecule has 0 atom stereocenters. The highest BCUT2D eigenvalue weighted by Gasteiger charge is 2.37. The van der Waals surface area contributed by atoms with Crippen molar-refractivity contribution in [1.29, 1.82) is 0 Å². The molecule has 0 amide bonds. The van der Waals surface area contributed by atoms with Crippen LogP contribution in [0.25, 0.3) is 0 Å². The van der Waals surface area contributed by atoms with E-state index in [0.29, 0.717) is 11.0 Å². The molecule has 0 radical (unpaired) electrons. The maximum atomic E-state index is 5.66. The predicted molar refractivity (Wildman–Crippen MR) is 120 cm³/mol. The summed E-state index contributed by atoms with van der Waals surface area (Å²) < 4.78 is 10.9. The molecule has 0 aromatic heterocycles. The van der Waals surface area contributed by atoms with Crippen LogP contribution in [0.4, 0.5) is 5.69 Å². The van der Waals surface area contributed by atoms with E-state index < -0.39 is 0 Å². The fourth-order valence-corrected chi connectivity index (χ4v) is 4.24. The van der Waals surface area contributed by atoms with Crippen molar-refractivity contribution < 1.29 is 9.47 Å². The molecule has 2 aromatic rings. The van der Waals surface area contributed by atoms with E-state index in [9.17, 15) is 0 Å². The number of benzene rings is 2. The van der Waals surface area contributed by atoms with Gasteiger partial charge in [-0.1, -0.05) is 44.9 Å². The van der Waals surface area contributed by atoms with Gasteiger partial charge < -0.3 is 20.1 Å². The number of hydrogen-bond donors (Lipinski definition) is 2. The Bertz CT molecular complexity index is 812. The lowest BCUT2D eigenvalue weighted by Gasteiger charge is -2.33. The van der Waals surface area contributed by atoms with Crippen molar-refractivity contribution in [2.45, 2.75) is 51.0 Å². The van der Waals surface area contributed by atoms with E-state index in [1.165, 1.54) is 24.0 Å². The van der Waals surface area contributed by atoms with E-state index in [4.69, 9.17) is 21.7 Å². The van der Waals surface area contributed by atoms with Crippen molar-refractivity contribution in [2.75, 3.05) is 19.5 Å². The molecule has 0 aliphatic heterocycles. The van der Waals surface area contributed by atoms with Crippen LogP contribution in [0.3, 0.4) is 0 Å². The zero-order chi connectivity index (χ0) is 20.1. The average Bonchev–Trinajstić information content (AvgIpc) is 3.17. The normalized spacial score (nSPS) is 15.3. The number of thiocarbonyl (C=S) groups is 1. The molecule has 0 bridgehead atoms. The molecule has 28 heavy (non-hydrogen) atoms. The first-order valence-electron chi connectivity index (χ1n) is 9.89. The third-order valence-corrected chi connectivity index (χ3v) is 5.79. The van der Waals surface area contributed by atoms with Crippen LogP contribution in [0.5, 0.6) is 11.5 Å². The van der Waals surface area contributed by atoms with Crippen LogP contribution in [-0.4, -0.2) is 19.3 Å². The topological polar surface area (TPSA) is 42.5 Å². The number of hydrogen-bond acceptors (Lipinski definition) is 3. The first-order chi connectivity index (χ1) is 13.5. The summed E-state index contributed by atoms with van der Waals surface area (Å²) in [5, 5.41) is 7.60. The maximum Gasteiger partial charge on any atom is 0.171 e. The number of anilines is 1. The molecular weight excluding hydrogens is 368 g/mol. The number of rotatable bonds is 6. The summed E-state index contributed by atoms with van der Waals surface area (Å²) >= 11 is 5.66. The highest BCUT2D eigenvalue weighted by molar-refractivity contribution is 7.80. The second kappa shape index (κ2) is 8.82. The number of methoxy groups -OCH3 is 2. The highest BCUT2D eigenvalue weighted by Crippen LogP contribution is 2.41. The zero-order valence-corrected chi connectivity index (χ0v) is 18.0. The van der Waals surface area contributed by atoms with Crippen LogP contribution in [0.2, 0.25) is 0 Å². The van der Waals surface area contributed by atoms with Crippen molar-refractivity contribution >= 4 is 23.0 Å². The summed E-state index contributed by atoms with van der Waals surface area (Å²) in [6.07, 6.45) is 4.42. The second-order valence-electron chi connectivity index (χ2n) is 7.71. The summed E-state index contributed by atoms with van der Waals surface area (Å²) in [5.74, 6) is 2.01. The predicted octanol–water partition coefficient (Wildman–Crippen LogP) is 5.58. The van der Waals surface area contributed by atoms with Crippen LogP contribution in [0, 0.1) is 0 Å². The largest absolute Gasteiger partial charge is 0.493 e. The molecule has 1 aliphatic rings. The van der Waals surface area contributed by atoms with Gasteiger partial charge in [0.05, 0.1) is 19.8 Å². The average molecular weight is 399 g/mol. The number of ether oxygens (including phenoxy) is 2. The summed E-state index contributed by atoms with van der Waals surface area (Å²) in [6.45, 7) is 4.39. The Kier molecular flexibility index (Phi) is 6.45. The fraction of sp³-hybridized carbons (Fsp3) is 0.435. The van der Waals surface area contributed by atoms with Gasteiger partial charge in [-0.05, 0) is 66.4 Å². The van der Waals surface area contributed by atoms with E-state index in [1.54, 1.807) is 14.2 Å². The molecular formula is C23H30N2O2S. The Balaban J connectivity index is 1.78. The van der Waals surface area contributed by atoms with Crippen molar-refractivity contribution in [3.8, 4) is 11.5 Å². The van der Waals surface area contributed by atoms with Gasteiger partial charge in [0.25, 0.3) is 0 Å². The van der Waals surface area contributed by atoms with E-state index in [-0.39, 0.29) is 5.54 Å². The van der Waals surface area contributed by atoms with E-state index in [0.717, 1.165) is 30.0 Å². The van der Waals surface area contributed by atoms with Gasteiger partial charge in [-0.25, -0.2) is 0 Å². The molecule has 5 heteroatoms. The van der Waals surface area contributed by atoms with Gasteiger partial charge in [-0.15, -0.1) is 0 Å². The maximum absolute atomic E-state index is 5.66. The van der Waals surface area contributed by atoms with Crippen LogP contribution in [0.1, 0.15) is 56.6 Å². The van der Waals surface area contributed by atoms with E-state index >= 15 is 0 Å². The molecule has 3 rings (SSSR count). The Labute approximate surface area is 173 Å². The summed E-state index contributed by atoms with van der Waals surface area (Å²) in [4.78, 5) is 0. The smallest absolute Gasteiger partial charge is 0.171 e. The Hall–Kier alpha value is -2.27.